The summed E-state index contributed by atoms with van der Waals surface area (Å²) in [5, 5.41) is 2.95. The first kappa shape index (κ1) is 19.0. The fourth-order valence-electron chi connectivity index (χ4n) is 3.19. The van der Waals surface area contributed by atoms with Gasteiger partial charge in [0, 0.05) is 26.2 Å². The molecule has 1 atom stereocenters. The predicted octanol–water partition coefficient (Wildman–Crippen LogP) is 2.38. The van der Waals surface area contributed by atoms with Crippen molar-refractivity contribution in [3.63, 3.8) is 0 Å². The molecule has 1 fully saturated rings. The van der Waals surface area contributed by atoms with E-state index >= 15 is 0 Å². The first-order valence-electron chi connectivity index (χ1n) is 9.02. The number of nitrogens with one attached hydrogen (secondary N) is 1. The lowest BCUT2D eigenvalue weighted by atomic mass is 10.1. The van der Waals surface area contributed by atoms with Gasteiger partial charge in [0.05, 0.1) is 25.1 Å². The van der Waals surface area contributed by atoms with Crippen LogP contribution < -0.4 is 10.1 Å². The minimum atomic E-state index is -0.309. The molecule has 1 aromatic carbocycles. The Morgan fingerprint density at radius 2 is 1.93 bits per heavy atom. The highest BCUT2D eigenvalue weighted by atomic mass is 16.5. The summed E-state index contributed by atoms with van der Waals surface area (Å²) in [7, 11) is 1.58. The molecular formula is C20H25N3O4. The maximum absolute atomic E-state index is 12.7. The van der Waals surface area contributed by atoms with Crippen LogP contribution in [0.5, 0.6) is 5.75 Å². The lowest BCUT2D eigenvalue weighted by molar-refractivity contribution is -0.121. The number of rotatable bonds is 5. The minimum Gasteiger partial charge on any atom is -0.495 e. The summed E-state index contributed by atoms with van der Waals surface area (Å²) in [6, 6.07) is 8.73. The molecule has 1 aromatic heterocycles. The quantitative estimate of drug-likeness (QED) is 0.873. The smallest absolute Gasteiger partial charge is 0.289 e. The number of carbonyl (C=O) groups is 2. The summed E-state index contributed by atoms with van der Waals surface area (Å²) in [5.74, 6) is 0.779. The van der Waals surface area contributed by atoms with Crippen molar-refractivity contribution in [1.82, 2.24) is 9.80 Å². The number of benzene rings is 1. The van der Waals surface area contributed by atoms with Crippen molar-refractivity contribution in [1.29, 1.82) is 0 Å². The Balaban J connectivity index is 1.57. The first-order valence-corrected chi connectivity index (χ1v) is 9.02. The number of amides is 2. The molecule has 1 saturated heterocycles. The predicted molar refractivity (Wildman–Crippen MR) is 102 cm³/mol. The lowest BCUT2D eigenvalue weighted by Crippen LogP contribution is -2.54. The molecule has 27 heavy (non-hydrogen) atoms. The van der Waals surface area contributed by atoms with E-state index in [9.17, 15) is 9.59 Å². The summed E-state index contributed by atoms with van der Waals surface area (Å²) >= 11 is 0. The molecule has 2 heterocycles. The maximum Gasteiger partial charge on any atom is 0.289 e. The average Bonchev–Trinajstić information content (AvgIpc) is 3.22. The molecule has 0 spiro atoms. The number of nitrogens with zero attached hydrogens (tertiary/aromatic N) is 2. The normalized spacial score (nSPS) is 16.0. The van der Waals surface area contributed by atoms with Crippen LogP contribution >= 0.6 is 0 Å². The van der Waals surface area contributed by atoms with Crippen molar-refractivity contribution in [2.45, 2.75) is 19.9 Å². The Morgan fingerprint density at radius 1 is 1.19 bits per heavy atom. The van der Waals surface area contributed by atoms with Crippen molar-refractivity contribution < 1.29 is 18.7 Å². The molecule has 1 aliphatic rings. The van der Waals surface area contributed by atoms with E-state index in [1.807, 2.05) is 32.0 Å². The zero-order valence-corrected chi connectivity index (χ0v) is 15.9. The van der Waals surface area contributed by atoms with Crippen LogP contribution in [-0.2, 0) is 4.79 Å². The van der Waals surface area contributed by atoms with E-state index in [1.54, 1.807) is 24.1 Å². The van der Waals surface area contributed by atoms with E-state index in [0.29, 0.717) is 43.4 Å². The van der Waals surface area contributed by atoms with Gasteiger partial charge < -0.3 is 19.4 Å². The molecule has 0 bridgehead atoms. The highest BCUT2D eigenvalue weighted by Crippen LogP contribution is 2.25. The average molecular weight is 371 g/mol. The highest BCUT2D eigenvalue weighted by molar-refractivity contribution is 5.96. The molecule has 2 aromatic rings. The number of hydrogen-bond acceptors (Lipinski definition) is 5. The molecule has 0 unspecified atom stereocenters. The van der Waals surface area contributed by atoms with E-state index in [1.165, 1.54) is 6.26 Å². The van der Waals surface area contributed by atoms with Gasteiger partial charge in [0.1, 0.15) is 5.75 Å². The van der Waals surface area contributed by atoms with Gasteiger partial charge in [0.25, 0.3) is 5.91 Å². The molecule has 0 aliphatic carbocycles. The van der Waals surface area contributed by atoms with Crippen LogP contribution in [0.1, 0.15) is 23.0 Å². The molecule has 0 radical (unpaired) electrons. The number of ether oxygens (including phenoxy) is 1. The molecule has 3 rings (SSSR count). The summed E-state index contributed by atoms with van der Waals surface area (Å²) < 4.78 is 10.5. The van der Waals surface area contributed by atoms with Crippen LogP contribution in [0.2, 0.25) is 0 Å². The van der Waals surface area contributed by atoms with E-state index < -0.39 is 0 Å². The van der Waals surface area contributed by atoms with Gasteiger partial charge in [-0.05, 0) is 43.7 Å². The zero-order valence-electron chi connectivity index (χ0n) is 15.9. The molecule has 144 valence electrons. The second-order valence-corrected chi connectivity index (χ2v) is 6.67. The van der Waals surface area contributed by atoms with Crippen LogP contribution in [0.3, 0.4) is 0 Å². The van der Waals surface area contributed by atoms with Crippen LogP contribution in [0.15, 0.2) is 41.0 Å². The Kier molecular flexibility index (Phi) is 5.81. The summed E-state index contributed by atoms with van der Waals surface area (Å²) in [4.78, 5) is 28.9. The Hall–Kier alpha value is -2.80. The third-order valence-corrected chi connectivity index (χ3v) is 4.87. The van der Waals surface area contributed by atoms with Gasteiger partial charge in [-0.1, -0.05) is 6.07 Å². The van der Waals surface area contributed by atoms with E-state index in [-0.39, 0.29) is 17.9 Å². The van der Waals surface area contributed by atoms with Gasteiger partial charge in [0.15, 0.2) is 5.76 Å². The van der Waals surface area contributed by atoms with Crippen LogP contribution in [0.25, 0.3) is 0 Å². The first-order chi connectivity index (χ1) is 13.0. The lowest BCUT2D eigenvalue weighted by Gasteiger charge is -2.37. The zero-order chi connectivity index (χ0) is 19.4. The summed E-state index contributed by atoms with van der Waals surface area (Å²) in [5.41, 5.74) is 1.71. The van der Waals surface area contributed by atoms with Gasteiger partial charge in [-0.2, -0.15) is 0 Å². The number of aryl methyl sites for hydroxylation is 1. The van der Waals surface area contributed by atoms with Crippen molar-refractivity contribution in [2.24, 2.45) is 0 Å². The van der Waals surface area contributed by atoms with Crippen LogP contribution in [0, 0.1) is 6.92 Å². The van der Waals surface area contributed by atoms with Crippen molar-refractivity contribution >= 4 is 17.5 Å². The minimum absolute atomic E-state index is 0.0929. The second-order valence-electron chi connectivity index (χ2n) is 6.67. The number of furan rings is 1. The number of piperazine rings is 1. The molecule has 7 nitrogen and oxygen atoms in total. The fraction of sp³-hybridized carbons (Fsp3) is 0.400. The summed E-state index contributed by atoms with van der Waals surface area (Å²) in [6.07, 6.45) is 1.50. The number of anilines is 1. The highest BCUT2D eigenvalue weighted by Gasteiger charge is 2.29. The number of carbonyl (C=O) groups excluding carboxylic acids is 2. The maximum atomic E-state index is 12.7. The monoisotopic (exact) mass is 371 g/mol. The third kappa shape index (κ3) is 4.31. The Morgan fingerprint density at radius 3 is 2.56 bits per heavy atom. The fourth-order valence-corrected chi connectivity index (χ4v) is 3.19. The van der Waals surface area contributed by atoms with Crippen LogP contribution in [-0.4, -0.2) is 60.9 Å². The molecule has 1 N–H and O–H groups in total. The van der Waals surface area contributed by atoms with Gasteiger partial charge in [0.2, 0.25) is 5.91 Å². The molecule has 0 saturated carbocycles. The topological polar surface area (TPSA) is 75.0 Å². The second kappa shape index (κ2) is 8.26. The van der Waals surface area contributed by atoms with Gasteiger partial charge in [-0.15, -0.1) is 0 Å². The molecular weight excluding hydrogens is 346 g/mol. The third-order valence-electron chi connectivity index (χ3n) is 4.87. The van der Waals surface area contributed by atoms with Crippen molar-refractivity contribution in [3.8, 4) is 5.75 Å². The molecule has 1 aliphatic heterocycles. The Bertz CT molecular complexity index is 796. The molecule has 7 heteroatoms. The number of hydrogen-bond donors (Lipinski definition) is 1. The summed E-state index contributed by atoms with van der Waals surface area (Å²) in [6.45, 7) is 6.23. The SMILES string of the molecule is COc1ccc(C)cc1NC(=O)[C@@H](C)N1CCN(C(=O)c2ccco2)CC1. The number of methoxy groups -OCH3 is 1. The van der Waals surface area contributed by atoms with Gasteiger partial charge >= 0.3 is 0 Å². The van der Waals surface area contributed by atoms with Crippen molar-refractivity contribution in [3.05, 3.63) is 47.9 Å². The molecule has 2 amide bonds. The van der Waals surface area contributed by atoms with Gasteiger partial charge in [-0.25, -0.2) is 0 Å². The van der Waals surface area contributed by atoms with E-state index in [4.69, 9.17) is 9.15 Å². The van der Waals surface area contributed by atoms with Crippen LogP contribution in [0.4, 0.5) is 5.69 Å². The van der Waals surface area contributed by atoms with Gasteiger partial charge in [-0.3, -0.25) is 14.5 Å². The standard InChI is InChI=1S/C20H25N3O4/c1-14-6-7-17(26-3)16(13-14)21-19(24)15(2)22-8-10-23(11-9-22)20(25)18-5-4-12-27-18/h4-7,12-13,15H,8-11H2,1-3H3,(H,21,24)/t15-/m1/s1. The van der Waals surface area contributed by atoms with E-state index in [2.05, 4.69) is 10.2 Å². The Labute approximate surface area is 158 Å². The van der Waals surface area contributed by atoms with Crippen molar-refractivity contribution in [2.75, 3.05) is 38.6 Å². The largest absolute Gasteiger partial charge is 0.495 e. The van der Waals surface area contributed by atoms with E-state index in [0.717, 1.165) is 5.56 Å².